The van der Waals surface area contributed by atoms with Crippen molar-refractivity contribution >= 4 is 29.3 Å². The highest BCUT2D eigenvalue weighted by Gasteiger charge is 2.19. The maximum Gasteiger partial charge on any atom is 0.330 e. The molecule has 178 valence electrons. The number of unbranched alkanes of at least 4 members (excludes halogenated alkanes) is 2. The van der Waals surface area contributed by atoms with Gasteiger partial charge >= 0.3 is 11.9 Å². The largest absolute Gasteiger partial charge is 0.464 e. The Kier molecular flexibility index (Phi) is 15.8. The molecule has 0 amide bonds. The lowest BCUT2D eigenvalue weighted by Crippen LogP contribution is -2.33. The van der Waals surface area contributed by atoms with Gasteiger partial charge in [0.05, 0.1) is 18.3 Å². The molecule has 2 atom stereocenters. The Morgan fingerprint density at radius 1 is 0.839 bits per heavy atom. The second-order valence-electron chi connectivity index (χ2n) is 7.38. The molecule has 0 spiro atoms. The molecule has 0 heterocycles. The van der Waals surface area contributed by atoms with Crippen LogP contribution in [0.5, 0.6) is 0 Å². The van der Waals surface area contributed by atoms with Gasteiger partial charge in [-0.3, -0.25) is 19.8 Å². The first-order valence-electron chi connectivity index (χ1n) is 10.8. The summed E-state index contributed by atoms with van der Waals surface area (Å²) >= 11 is 0. The van der Waals surface area contributed by atoms with Crippen molar-refractivity contribution in [3.05, 3.63) is 0 Å². The smallest absolute Gasteiger partial charge is 0.330 e. The van der Waals surface area contributed by atoms with Crippen LogP contribution in [-0.2, 0) is 19.1 Å². The third kappa shape index (κ3) is 15.9. The van der Waals surface area contributed by atoms with Crippen LogP contribution in [0.1, 0.15) is 66.2 Å². The fourth-order valence-electron chi connectivity index (χ4n) is 2.61. The van der Waals surface area contributed by atoms with Crippen LogP contribution in [0.2, 0.25) is 0 Å². The Morgan fingerprint density at radius 2 is 1.39 bits per heavy atom. The van der Waals surface area contributed by atoms with Crippen molar-refractivity contribution in [2.24, 2.45) is 32.2 Å². The van der Waals surface area contributed by atoms with Crippen LogP contribution in [0.3, 0.4) is 0 Å². The molecular weight excluding hydrogens is 400 g/mol. The van der Waals surface area contributed by atoms with Crippen LogP contribution in [0.4, 0.5) is 0 Å². The van der Waals surface area contributed by atoms with Gasteiger partial charge in [0.15, 0.2) is 0 Å². The highest BCUT2D eigenvalue weighted by Crippen LogP contribution is 2.09. The lowest BCUT2D eigenvalue weighted by molar-refractivity contribution is -0.144. The van der Waals surface area contributed by atoms with Gasteiger partial charge in [-0.15, -0.1) is 0 Å². The summed E-state index contributed by atoms with van der Waals surface area (Å²) in [6.07, 6.45) is 4.11. The molecule has 0 aromatic rings. The number of esters is 2. The number of carbonyl (C=O) groups is 2. The van der Waals surface area contributed by atoms with Gasteiger partial charge in [0.2, 0.25) is 0 Å². The second-order valence-corrected chi connectivity index (χ2v) is 7.38. The third-order valence-corrected chi connectivity index (χ3v) is 4.19. The van der Waals surface area contributed by atoms with Crippen LogP contribution in [0.25, 0.3) is 0 Å². The molecule has 0 rings (SSSR count). The summed E-state index contributed by atoms with van der Waals surface area (Å²) < 4.78 is 10.3. The summed E-state index contributed by atoms with van der Waals surface area (Å²) in [6.45, 7) is 8.40. The second kappa shape index (κ2) is 17.2. The minimum absolute atomic E-state index is 0.0181. The Balaban J connectivity index is 4.52. The highest BCUT2D eigenvalue weighted by molar-refractivity contribution is 5.88. The average molecular weight is 441 g/mol. The topological polar surface area (TPSA) is 168 Å². The number of rotatable bonds is 16. The maximum absolute atomic E-state index is 12.2. The van der Waals surface area contributed by atoms with Gasteiger partial charge < -0.3 is 26.7 Å². The normalized spacial score (nSPS) is 14.8. The average Bonchev–Trinajstić information content (AvgIpc) is 2.70. The van der Waals surface area contributed by atoms with Crippen molar-refractivity contribution in [3.8, 4) is 0 Å². The van der Waals surface area contributed by atoms with E-state index >= 15 is 0 Å². The summed E-state index contributed by atoms with van der Waals surface area (Å²) in [6, 6.07) is -1.34. The first-order chi connectivity index (χ1) is 14.7. The summed E-state index contributed by atoms with van der Waals surface area (Å²) in [7, 11) is 0. The van der Waals surface area contributed by atoms with E-state index < -0.39 is 24.0 Å². The van der Waals surface area contributed by atoms with Gasteiger partial charge in [-0.1, -0.05) is 0 Å². The van der Waals surface area contributed by atoms with Crippen LogP contribution >= 0.6 is 0 Å². The molecule has 0 aliphatic rings. The Morgan fingerprint density at radius 3 is 1.90 bits per heavy atom. The molecule has 0 radical (unpaired) electrons. The van der Waals surface area contributed by atoms with Crippen LogP contribution in [0, 0.1) is 0 Å². The molecule has 0 bridgehead atoms. The molecular formula is C21H40N6O4. The van der Waals surface area contributed by atoms with Crippen LogP contribution in [0.15, 0.2) is 15.0 Å². The minimum atomic E-state index is -0.705. The summed E-state index contributed by atoms with van der Waals surface area (Å²) in [5.41, 5.74) is 17.4. The van der Waals surface area contributed by atoms with Gasteiger partial charge in [0.1, 0.15) is 18.7 Å². The minimum Gasteiger partial charge on any atom is -0.464 e. The zero-order chi connectivity index (χ0) is 23.6. The maximum atomic E-state index is 12.2. The number of hydrogen-bond donors (Lipinski definition) is 3. The van der Waals surface area contributed by atoms with E-state index in [9.17, 15) is 9.59 Å². The number of carbonyl (C=O) groups excluding carboxylic acids is 2. The summed E-state index contributed by atoms with van der Waals surface area (Å²) in [4.78, 5) is 36.9. The molecule has 6 N–H and O–H groups in total. The molecule has 0 aliphatic heterocycles. The predicted octanol–water partition coefficient (Wildman–Crippen LogP) is 1.34. The number of hydrogen-bond acceptors (Lipinski definition) is 8. The molecule has 10 nitrogen and oxygen atoms in total. The zero-order valence-corrected chi connectivity index (χ0v) is 19.4. The van der Waals surface area contributed by atoms with E-state index in [2.05, 4.69) is 15.0 Å². The number of nitrogens with zero attached hydrogens (tertiary/aromatic N) is 3. The molecule has 0 fully saturated rings. The quantitative estimate of drug-likeness (QED) is 0.141. The van der Waals surface area contributed by atoms with Crippen molar-refractivity contribution in [3.63, 3.8) is 0 Å². The van der Waals surface area contributed by atoms with Crippen molar-refractivity contribution in [2.45, 2.75) is 78.3 Å². The molecule has 2 unspecified atom stereocenters. The SMILES string of the molecule is CCOC(=O)C(CCCCN=C(C)N)N=C(C)COC(=O)C(N)CCCCN=C(C)N. The predicted molar refractivity (Wildman–Crippen MR) is 124 cm³/mol. The molecule has 0 aromatic heterocycles. The van der Waals surface area contributed by atoms with E-state index in [1.54, 1.807) is 27.7 Å². The van der Waals surface area contributed by atoms with E-state index in [-0.39, 0.29) is 13.2 Å². The van der Waals surface area contributed by atoms with Crippen molar-refractivity contribution in [2.75, 3.05) is 26.3 Å². The Hall–Kier alpha value is -2.49. The molecule has 10 heteroatoms. The van der Waals surface area contributed by atoms with E-state index in [1.807, 2.05) is 0 Å². The molecule has 0 aliphatic carbocycles. The van der Waals surface area contributed by atoms with E-state index in [1.165, 1.54) is 0 Å². The summed E-state index contributed by atoms with van der Waals surface area (Å²) in [5.74, 6) is 0.197. The number of ether oxygens (including phenoxy) is 2. The summed E-state index contributed by atoms with van der Waals surface area (Å²) in [5, 5.41) is 0. The monoisotopic (exact) mass is 440 g/mol. The number of amidine groups is 2. The van der Waals surface area contributed by atoms with Crippen molar-refractivity contribution < 1.29 is 19.1 Å². The van der Waals surface area contributed by atoms with Crippen LogP contribution in [-0.4, -0.2) is 67.7 Å². The highest BCUT2D eigenvalue weighted by atomic mass is 16.5. The zero-order valence-electron chi connectivity index (χ0n) is 19.4. The number of aliphatic imine (C=N–C) groups is 3. The molecule has 0 saturated heterocycles. The molecule has 31 heavy (non-hydrogen) atoms. The Bertz CT molecular complexity index is 625. The fraction of sp³-hybridized carbons (Fsp3) is 0.762. The van der Waals surface area contributed by atoms with Gasteiger partial charge in [-0.25, -0.2) is 4.79 Å². The van der Waals surface area contributed by atoms with Crippen molar-refractivity contribution in [1.29, 1.82) is 0 Å². The van der Waals surface area contributed by atoms with Gasteiger partial charge in [0.25, 0.3) is 0 Å². The van der Waals surface area contributed by atoms with Crippen molar-refractivity contribution in [1.82, 2.24) is 0 Å². The van der Waals surface area contributed by atoms with Crippen LogP contribution < -0.4 is 17.2 Å². The van der Waals surface area contributed by atoms with Gasteiger partial charge in [-0.2, -0.15) is 0 Å². The third-order valence-electron chi connectivity index (χ3n) is 4.19. The fourth-order valence-corrected chi connectivity index (χ4v) is 2.61. The first-order valence-corrected chi connectivity index (χ1v) is 10.8. The first kappa shape index (κ1) is 28.5. The number of nitrogens with two attached hydrogens (primary N) is 3. The van der Waals surface area contributed by atoms with E-state index in [0.717, 1.165) is 25.7 Å². The van der Waals surface area contributed by atoms with Gasteiger partial charge in [-0.05, 0) is 66.2 Å². The standard InChI is InChI=1S/C21H40N6O4/c1-5-30-21(29)19(11-7-9-13-26-17(4)23)27-15(2)14-31-20(28)18(24)10-6-8-12-25-16(3)22/h18-19H,5-14,24H2,1-4H3,(H2,22,25)(H2,23,26). The van der Waals surface area contributed by atoms with E-state index in [0.29, 0.717) is 43.3 Å². The molecule has 0 aromatic carbocycles. The molecule has 0 saturated carbocycles. The lowest BCUT2D eigenvalue weighted by Gasteiger charge is -2.14. The Labute approximate surface area is 185 Å². The van der Waals surface area contributed by atoms with Gasteiger partial charge in [0, 0.05) is 18.8 Å². The van der Waals surface area contributed by atoms with E-state index in [4.69, 9.17) is 26.7 Å². The lowest BCUT2D eigenvalue weighted by atomic mass is 10.1.